The van der Waals surface area contributed by atoms with Gasteiger partial charge in [0.05, 0.1) is 13.2 Å². The molecule has 0 aliphatic carbocycles. The Morgan fingerprint density at radius 1 is 0.676 bits per heavy atom. The Morgan fingerprint density at radius 3 is 1.71 bits per heavy atom. The lowest BCUT2D eigenvalue weighted by atomic mass is 10.1. The van der Waals surface area contributed by atoms with Crippen LogP contribution in [0.1, 0.15) is 0 Å². The first-order valence-corrected chi connectivity index (χ1v) is 13.2. The van der Waals surface area contributed by atoms with E-state index in [-0.39, 0.29) is 12.2 Å². The second-order valence-electron chi connectivity index (χ2n) is 8.63. The smallest absolute Gasteiger partial charge is 0.171 e. The fraction of sp³-hybridized carbons (Fsp3) is 0.214. The van der Waals surface area contributed by atoms with Gasteiger partial charge < -0.3 is 23.5 Å². The maximum atomic E-state index is 15.1. The van der Waals surface area contributed by atoms with Crippen molar-refractivity contribution < 1.29 is 23.5 Å². The summed E-state index contributed by atoms with van der Waals surface area (Å²) in [7, 11) is -3.17. The number of benzene rings is 4. The molecule has 5 nitrogen and oxygen atoms in total. The van der Waals surface area contributed by atoms with Gasteiger partial charge in [0, 0.05) is 15.9 Å². The van der Waals surface area contributed by atoms with Crippen molar-refractivity contribution in [2.24, 2.45) is 0 Å². The minimum atomic E-state index is -3.17. The highest BCUT2D eigenvalue weighted by atomic mass is 31.2. The molecule has 2 unspecified atom stereocenters. The molecule has 2 saturated heterocycles. The lowest BCUT2D eigenvalue weighted by molar-refractivity contribution is 0.263. The lowest BCUT2D eigenvalue weighted by Crippen LogP contribution is -2.25. The van der Waals surface area contributed by atoms with Gasteiger partial charge in [-0.2, -0.15) is 0 Å². The normalized spacial score (nSPS) is 20.5. The largest absolute Gasteiger partial charge is 0.491 e. The van der Waals surface area contributed by atoms with Crippen LogP contribution in [0, 0.1) is 0 Å². The Balaban J connectivity index is 1.40. The van der Waals surface area contributed by atoms with E-state index in [1.165, 1.54) is 0 Å². The van der Waals surface area contributed by atoms with Gasteiger partial charge in [-0.3, -0.25) is 0 Å². The monoisotopic (exact) mass is 472 g/mol. The van der Waals surface area contributed by atoms with E-state index in [4.69, 9.17) is 18.9 Å². The maximum Gasteiger partial charge on any atom is 0.171 e. The van der Waals surface area contributed by atoms with Crippen molar-refractivity contribution in [2.75, 3.05) is 26.4 Å². The number of epoxide rings is 2. The van der Waals surface area contributed by atoms with Gasteiger partial charge in [-0.1, -0.05) is 42.5 Å². The predicted molar refractivity (Wildman–Crippen MR) is 134 cm³/mol. The van der Waals surface area contributed by atoms with E-state index < -0.39 is 7.14 Å². The van der Waals surface area contributed by atoms with Crippen LogP contribution in [-0.2, 0) is 14.0 Å². The van der Waals surface area contributed by atoms with E-state index in [1.54, 1.807) is 0 Å². The Bertz CT molecular complexity index is 1270. The lowest BCUT2D eigenvalue weighted by Gasteiger charge is -2.22. The molecule has 0 spiro atoms. The standard InChI is InChI=1S/C28H25O5P/c29-34(28-7-3-5-20-4-1-2-6-27(20)28,25-12-8-21(9-13-25)30-16-23-18-32-23)26-14-10-22(11-15-26)31-17-24-19-33-24/h1-15,23-24H,16-19H2. The van der Waals surface area contributed by atoms with Gasteiger partial charge in [0.15, 0.2) is 7.14 Å². The molecule has 6 heteroatoms. The van der Waals surface area contributed by atoms with E-state index in [9.17, 15) is 0 Å². The third-order valence-corrected chi connectivity index (χ3v) is 9.30. The van der Waals surface area contributed by atoms with Gasteiger partial charge in [0.2, 0.25) is 0 Å². The average Bonchev–Trinajstić information content (AvgIpc) is 3.82. The maximum absolute atomic E-state index is 15.1. The SMILES string of the molecule is O=P(c1ccc(OCC2CO2)cc1)(c1ccc(OCC2CO2)cc1)c1cccc2ccccc12. The van der Waals surface area contributed by atoms with Crippen molar-refractivity contribution in [1.82, 2.24) is 0 Å². The fourth-order valence-corrected chi connectivity index (χ4v) is 6.95. The highest BCUT2D eigenvalue weighted by molar-refractivity contribution is 7.85. The van der Waals surface area contributed by atoms with Crippen molar-refractivity contribution in [2.45, 2.75) is 12.2 Å². The summed E-state index contributed by atoms with van der Waals surface area (Å²) in [6.07, 6.45) is 0.377. The molecule has 2 atom stereocenters. The summed E-state index contributed by atoms with van der Waals surface area (Å²) in [4.78, 5) is 0. The number of rotatable bonds is 9. The molecule has 6 rings (SSSR count). The van der Waals surface area contributed by atoms with Gasteiger partial charge in [0.1, 0.15) is 36.9 Å². The molecule has 2 aliphatic rings. The highest BCUT2D eigenvalue weighted by Gasteiger charge is 2.32. The summed E-state index contributed by atoms with van der Waals surface area (Å²) in [5.74, 6) is 1.49. The molecule has 172 valence electrons. The summed E-state index contributed by atoms with van der Waals surface area (Å²) in [6.45, 7) is 2.57. The minimum Gasteiger partial charge on any atom is -0.491 e. The second-order valence-corrected chi connectivity index (χ2v) is 11.4. The van der Waals surface area contributed by atoms with Gasteiger partial charge >= 0.3 is 0 Å². The molecule has 4 aromatic rings. The number of hydrogen-bond acceptors (Lipinski definition) is 5. The number of fused-ring (bicyclic) bond motifs is 1. The highest BCUT2D eigenvalue weighted by Crippen LogP contribution is 2.45. The van der Waals surface area contributed by atoms with Gasteiger partial charge in [-0.25, -0.2) is 0 Å². The third-order valence-electron chi connectivity index (χ3n) is 6.18. The molecule has 0 saturated carbocycles. The van der Waals surface area contributed by atoms with E-state index in [0.717, 1.165) is 51.4 Å². The quantitative estimate of drug-likeness (QED) is 0.272. The van der Waals surface area contributed by atoms with Crippen LogP contribution in [0.2, 0.25) is 0 Å². The molecule has 4 aromatic carbocycles. The molecule has 0 aromatic heterocycles. The van der Waals surface area contributed by atoms with Gasteiger partial charge in [0.25, 0.3) is 0 Å². The van der Waals surface area contributed by atoms with Crippen molar-refractivity contribution in [3.8, 4) is 11.5 Å². The van der Waals surface area contributed by atoms with E-state index in [0.29, 0.717) is 13.2 Å². The molecular weight excluding hydrogens is 447 g/mol. The van der Waals surface area contributed by atoms with E-state index in [1.807, 2.05) is 78.9 Å². The first-order valence-electron chi connectivity index (χ1n) is 11.5. The summed E-state index contributed by atoms with van der Waals surface area (Å²) < 4.78 is 37.1. The summed E-state index contributed by atoms with van der Waals surface area (Å²) in [5, 5.41) is 4.41. The molecule has 2 heterocycles. The fourth-order valence-electron chi connectivity index (χ4n) is 4.12. The predicted octanol–water partition coefficient (Wildman–Crippen LogP) is 4.03. The van der Waals surface area contributed by atoms with Gasteiger partial charge in [-0.15, -0.1) is 0 Å². The molecule has 0 N–H and O–H groups in total. The van der Waals surface area contributed by atoms with Crippen molar-refractivity contribution in [3.05, 3.63) is 91.0 Å². The van der Waals surface area contributed by atoms with E-state index in [2.05, 4.69) is 12.1 Å². The zero-order chi connectivity index (χ0) is 23.0. The van der Waals surface area contributed by atoms with Gasteiger partial charge in [-0.05, 0) is 59.3 Å². The van der Waals surface area contributed by atoms with Crippen LogP contribution in [0.25, 0.3) is 10.8 Å². The van der Waals surface area contributed by atoms with Crippen LogP contribution in [0.5, 0.6) is 11.5 Å². The molecular formula is C28H25O5P. The van der Waals surface area contributed by atoms with Crippen LogP contribution in [-0.4, -0.2) is 38.6 Å². The number of ether oxygens (including phenoxy) is 4. The van der Waals surface area contributed by atoms with Crippen LogP contribution < -0.4 is 25.4 Å². The van der Waals surface area contributed by atoms with Crippen LogP contribution in [0.3, 0.4) is 0 Å². The van der Waals surface area contributed by atoms with Crippen molar-refractivity contribution in [1.29, 1.82) is 0 Å². The Morgan fingerprint density at radius 2 is 1.18 bits per heavy atom. The molecule has 0 radical (unpaired) electrons. The Labute approximate surface area is 198 Å². The van der Waals surface area contributed by atoms with Crippen molar-refractivity contribution in [3.63, 3.8) is 0 Å². The molecule has 2 fully saturated rings. The van der Waals surface area contributed by atoms with Crippen molar-refractivity contribution >= 4 is 33.8 Å². The number of hydrogen-bond donors (Lipinski definition) is 0. The zero-order valence-electron chi connectivity index (χ0n) is 18.6. The first-order chi connectivity index (χ1) is 16.7. The van der Waals surface area contributed by atoms with E-state index >= 15 is 4.57 Å². The minimum absolute atomic E-state index is 0.189. The summed E-state index contributed by atoms with van der Waals surface area (Å²) in [5.41, 5.74) is 0. The molecule has 34 heavy (non-hydrogen) atoms. The van der Waals surface area contributed by atoms with Crippen LogP contribution in [0.15, 0.2) is 91.0 Å². The topological polar surface area (TPSA) is 60.6 Å². The molecule has 0 bridgehead atoms. The van der Waals surface area contributed by atoms with Crippen LogP contribution in [0.4, 0.5) is 0 Å². The Kier molecular flexibility index (Phi) is 5.62. The van der Waals surface area contributed by atoms with Crippen LogP contribution >= 0.6 is 7.14 Å². The average molecular weight is 472 g/mol. The summed E-state index contributed by atoms with van der Waals surface area (Å²) >= 11 is 0. The Hall–Kier alpha value is -3.11. The summed E-state index contributed by atoms with van der Waals surface area (Å²) in [6, 6.07) is 29.3. The zero-order valence-corrected chi connectivity index (χ0v) is 19.5. The first kappa shape index (κ1) is 21.4. The second kappa shape index (κ2) is 8.92. The molecule has 2 aliphatic heterocycles. The molecule has 0 amide bonds. The third kappa shape index (κ3) is 4.35.